The van der Waals surface area contributed by atoms with Gasteiger partial charge in [-0.05, 0) is 35.1 Å². The molecule has 1 aromatic carbocycles. The van der Waals surface area contributed by atoms with Gasteiger partial charge < -0.3 is 10.1 Å². The Balaban J connectivity index is 1.77. The van der Waals surface area contributed by atoms with Gasteiger partial charge in [-0.2, -0.15) is 0 Å². The van der Waals surface area contributed by atoms with Gasteiger partial charge in [0.25, 0.3) is 5.56 Å². The highest BCUT2D eigenvalue weighted by molar-refractivity contribution is 7.16. The minimum absolute atomic E-state index is 0.0585. The third kappa shape index (κ3) is 3.77. The first-order chi connectivity index (χ1) is 12.5. The number of amides is 1. The number of hydrogen-bond acceptors (Lipinski definition) is 5. The number of thiophene rings is 1. The lowest BCUT2D eigenvalue weighted by atomic mass is 9.96. The van der Waals surface area contributed by atoms with E-state index in [1.165, 1.54) is 22.2 Å². The molecule has 0 radical (unpaired) electrons. The maximum atomic E-state index is 12.5. The number of nitrogens with zero attached hydrogens (tertiary/aromatic N) is 2. The zero-order chi connectivity index (χ0) is 18.7. The molecule has 0 bridgehead atoms. The maximum absolute atomic E-state index is 12.5. The van der Waals surface area contributed by atoms with E-state index in [1.54, 1.807) is 13.2 Å². The van der Waals surface area contributed by atoms with Crippen LogP contribution >= 0.6 is 11.3 Å². The topological polar surface area (TPSA) is 73.2 Å². The summed E-state index contributed by atoms with van der Waals surface area (Å²) in [4.78, 5) is 29.9. The highest BCUT2D eigenvalue weighted by atomic mass is 32.1. The molecule has 0 aliphatic heterocycles. The van der Waals surface area contributed by atoms with E-state index in [0.29, 0.717) is 10.2 Å². The van der Waals surface area contributed by atoms with Gasteiger partial charge in [-0.15, -0.1) is 11.3 Å². The molecule has 0 aliphatic carbocycles. The van der Waals surface area contributed by atoms with Crippen LogP contribution in [0.4, 0.5) is 0 Å². The lowest BCUT2D eigenvalue weighted by molar-refractivity contribution is -0.122. The van der Waals surface area contributed by atoms with Gasteiger partial charge in [-0.1, -0.05) is 26.0 Å². The summed E-state index contributed by atoms with van der Waals surface area (Å²) < 4.78 is 6.52. The predicted molar refractivity (Wildman–Crippen MR) is 103 cm³/mol. The van der Waals surface area contributed by atoms with Crippen LogP contribution in [-0.4, -0.2) is 22.6 Å². The van der Waals surface area contributed by atoms with Crippen LogP contribution in [0.25, 0.3) is 10.2 Å². The van der Waals surface area contributed by atoms with Gasteiger partial charge in [0.1, 0.15) is 17.1 Å². The molecule has 136 valence electrons. The first-order valence-electron chi connectivity index (χ1n) is 8.35. The van der Waals surface area contributed by atoms with Crippen molar-refractivity contribution in [1.82, 2.24) is 14.9 Å². The van der Waals surface area contributed by atoms with Gasteiger partial charge >= 0.3 is 0 Å². The maximum Gasteiger partial charge on any atom is 0.262 e. The van der Waals surface area contributed by atoms with Crippen LogP contribution in [-0.2, 0) is 11.3 Å². The molecular formula is C19H21N3O3S. The quantitative estimate of drug-likeness (QED) is 0.723. The SMILES string of the molecule is COc1ccc([C@H](NC(=O)Cn2cnc3sccc3c2=O)C(C)C)cc1. The summed E-state index contributed by atoms with van der Waals surface area (Å²) >= 11 is 1.41. The molecule has 1 atom stereocenters. The normalized spacial score (nSPS) is 12.3. The Hall–Kier alpha value is -2.67. The molecule has 0 spiro atoms. The van der Waals surface area contributed by atoms with Crippen LogP contribution in [0, 0.1) is 5.92 Å². The molecule has 0 saturated carbocycles. The molecule has 2 aromatic heterocycles. The minimum Gasteiger partial charge on any atom is -0.497 e. The zero-order valence-corrected chi connectivity index (χ0v) is 15.7. The Labute approximate surface area is 155 Å². The number of benzene rings is 1. The highest BCUT2D eigenvalue weighted by Gasteiger charge is 2.19. The number of hydrogen-bond donors (Lipinski definition) is 1. The molecule has 2 heterocycles. The van der Waals surface area contributed by atoms with Crippen molar-refractivity contribution < 1.29 is 9.53 Å². The van der Waals surface area contributed by atoms with Crippen LogP contribution in [0.1, 0.15) is 25.5 Å². The highest BCUT2D eigenvalue weighted by Crippen LogP contribution is 2.24. The first kappa shape index (κ1) is 18.1. The summed E-state index contributed by atoms with van der Waals surface area (Å²) in [6.45, 7) is 4.03. The van der Waals surface area contributed by atoms with Crippen molar-refractivity contribution in [2.45, 2.75) is 26.4 Å². The van der Waals surface area contributed by atoms with Crippen molar-refractivity contribution in [3.63, 3.8) is 0 Å². The lowest BCUT2D eigenvalue weighted by Crippen LogP contribution is -2.36. The van der Waals surface area contributed by atoms with Gasteiger partial charge in [0.2, 0.25) is 5.91 Å². The van der Waals surface area contributed by atoms with Crippen LogP contribution in [0.2, 0.25) is 0 Å². The number of nitrogens with one attached hydrogen (secondary N) is 1. The molecule has 0 fully saturated rings. The van der Waals surface area contributed by atoms with E-state index in [9.17, 15) is 9.59 Å². The molecule has 0 saturated heterocycles. The molecule has 3 rings (SSSR count). The predicted octanol–water partition coefficient (Wildman–Crippen LogP) is 2.98. The Morgan fingerprint density at radius 1 is 1.27 bits per heavy atom. The van der Waals surface area contributed by atoms with Crippen LogP contribution in [0.15, 0.2) is 46.8 Å². The van der Waals surface area contributed by atoms with Gasteiger partial charge in [0.15, 0.2) is 0 Å². The Morgan fingerprint density at radius 3 is 2.65 bits per heavy atom. The number of carbonyl (C=O) groups is 1. The van der Waals surface area contributed by atoms with Crippen molar-refractivity contribution in [3.8, 4) is 5.75 Å². The molecule has 6 nitrogen and oxygen atoms in total. The van der Waals surface area contributed by atoms with Crippen LogP contribution in [0.3, 0.4) is 0 Å². The van der Waals surface area contributed by atoms with E-state index >= 15 is 0 Å². The summed E-state index contributed by atoms with van der Waals surface area (Å²) in [5.41, 5.74) is 0.796. The number of aromatic nitrogens is 2. The molecule has 1 amide bonds. The van der Waals surface area contributed by atoms with Gasteiger partial charge in [0.05, 0.1) is 24.9 Å². The Kier molecular flexibility index (Phi) is 5.37. The van der Waals surface area contributed by atoms with Crippen molar-refractivity contribution >= 4 is 27.5 Å². The summed E-state index contributed by atoms with van der Waals surface area (Å²) in [5.74, 6) is 0.740. The molecule has 7 heteroatoms. The van der Waals surface area contributed by atoms with E-state index in [1.807, 2.05) is 43.5 Å². The van der Waals surface area contributed by atoms with Crippen molar-refractivity contribution in [2.75, 3.05) is 7.11 Å². The van der Waals surface area contributed by atoms with Crippen LogP contribution in [0.5, 0.6) is 5.75 Å². The monoisotopic (exact) mass is 371 g/mol. The molecule has 26 heavy (non-hydrogen) atoms. The molecule has 3 aromatic rings. The van der Waals surface area contributed by atoms with Crippen molar-refractivity contribution in [3.05, 3.63) is 58.0 Å². The van der Waals surface area contributed by atoms with Gasteiger partial charge in [0, 0.05) is 0 Å². The summed E-state index contributed by atoms with van der Waals surface area (Å²) in [5, 5.41) is 5.39. The second-order valence-corrected chi connectivity index (χ2v) is 7.27. The number of ether oxygens (including phenoxy) is 1. The van der Waals surface area contributed by atoms with E-state index in [-0.39, 0.29) is 30.0 Å². The van der Waals surface area contributed by atoms with Crippen molar-refractivity contribution in [2.24, 2.45) is 5.92 Å². The fraction of sp³-hybridized carbons (Fsp3) is 0.316. The largest absolute Gasteiger partial charge is 0.497 e. The summed E-state index contributed by atoms with van der Waals surface area (Å²) in [6.07, 6.45) is 1.43. The average molecular weight is 371 g/mol. The summed E-state index contributed by atoms with van der Waals surface area (Å²) in [6, 6.07) is 9.20. The molecule has 0 aliphatic rings. The van der Waals surface area contributed by atoms with E-state index < -0.39 is 0 Å². The zero-order valence-electron chi connectivity index (χ0n) is 14.9. The number of methoxy groups -OCH3 is 1. The Morgan fingerprint density at radius 2 is 2.00 bits per heavy atom. The average Bonchev–Trinajstić information content (AvgIpc) is 3.11. The van der Waals surface area contributed by atoms with Crippen LogP contribution < -0.4 is 15.6 Å². The van der Waals surface area contributed by atoms with Gasteiger partial charge in [-0.25, -0.2) is 4.98 Å². The van der Waals surface area contributed by atoms with Gasteiger partial charge in [-0.3, -0.25) is 14.2 Å². The second kappa shape index (κ2) is 7.70. The lowest BCUT2D eigenvalue weighted by Gasteiger charge is -2.23. The minimum atomic E-state index is -0.224. The van der Waals surface area contributed by atoms with E-state index in [0.717, 1.165) is 11.3 Å². The Bertz CT molecular complexity index is 960. The number of fused-ring (bicyclic) bond motifs is 1. The summed E-state index contributed by atoms with van der Waals surface area (Å²) in [7, 11) is 1.62. The van der Waals surface area contributed by atoms with E-state index in [2.05, 4.69) is 10.3 Å². The molecular weight excluding hydrogens is 350 g/mol. The second-order valence-electron chi connectivity index (χ2n) is 6.38. The third-order valence-electron chi connectivity index (χ3n) is 4.22. The number of carbonyl (C=O) groups excluding carboxylic acids is 1. The standard InChI is InChI=1S/C19H21N3O3S/c1-12(2)17(13-4-6-14(25-3)7-5-13)21-16(23)10-22-11-20-18-15(19(22)24)8-9-26-18/h4-9,11-12,17H,10H2,1-3H3,(H,21,23)/t17-/m1/s1. The fourth-order valence-electron chi connectivity index (χ4n) is 2.83. The molecule has 0 unspecified atom stereocenters. The van der Waals surface area contributed by atoms with Crippen molar-refractivity contribution in [1.29, 1.82) is 0 Å². The fourth-order valence-corrected chi connectivity index (χ4v) is 3.55. The van der Waals surface area contributed by atoms with E-state index in [4.69, 9.17) is 4.74 Å². The smallest absolute Gasteiger partial charge is 0.262 e. The first-order valence-corrected chi connectivity index (χ1v) is 9.23. The third-order valence-corrected chi connectivity index (χ3v) is 5.04. The number of rotatable bonds is 6. The molecule has 1 N–H and O–H groups in total.